The molecule has 3 atom stereocenters. The zero-order chi connectivity index (χ0) is 49.9. The number of amides is 6. The summed E-state index contributed by atoms with van der Waals surface area (Å²) in [4.78, 5) is 90.9. The van der Waals surface area contributed by atoms with Crippen LogP contribution in [0.4, 0.5) is 15.8 Å². The molecule has 3 aromatic carbocycles. The van der Waals surface area contributed by atoms with Gasteiger partial charge in [0, 0.05) is 76.9 Å². The topological polar surface area (TPSA) is 229 Å². The maximum Gasteiger partial charge on any atom is 0.262 e. The third-order valence-electron chi connectivity index (χ3n) is 12.8. The predicted octanol–water partition coefficient (Wildman–Crippen LogP) is 3.79. The number of nitrogens with zero attached hydrogens (tertiary/aromatic N) is 7. The summed E-state index contributed by atoms with van der Waals surface area (Å²) in [6.07, 6.45) is 6.27. The Morgan fingerprint density at radius 3 is 2.42 bits per heavy atom. The molecular formula is C50H58FN11O9. The van der Waals surface area contributed by atoms with Gasteiger partial charge in [-0.3, -0.25) is 44.4 Å². The van der Waals surface area contributed by atoms with Crippen LogP contribution in [0.1, 0.15) is 100.0 Å². The van der Waals surface area contributed by atoms with Gasteiger partial charge in [-0.1, -0.05) is 18.2 Å². The van der Waals surface area contributed by atoms with E-state index in [1.165, 1.54) is 12.4 Å². The number of hydrazone groups is 1. The van der Waals surface area contributed by atoms with Crippen LogP contribution in [-0.2, 0) is 23.9 Å². The first-order valence-corrected chi connectivity index (χ1v) is 23.9. The first-order valence-electron chi connectivity index (χ1n) is 23.9. The molecule has 1 aromatic heterocycles. The second-order valence-electron chi connectivity index (χ2n) is 17.6. The molecule has 6 amide bonds. The second kappa shape index (κ2) is 23.4. The Balaban J connectivity index is 0.654. The van der Waals surface area contributed by atoms with Gasteiger partial charge in [-0.25, -0.2) is 14.4 Å². The predicted molar refractivity (Wildman–Crippen MR) is 258 cm³/mol. The Morgan fingerprint density at radius 2 is 1.63 bits per heavy atom. The van der Waals surface area contributed by atoms with Crippen LogP contribution in [-0.4, -0.2) is 145 Å². The van der Waals surface area contributed by atoms with Gasteiger partial charge in [-0.2, -0.15) is 5.10 Å². The van der Waals surface area contributed by atoms with E-state index in [4.69, 9.17) is 14.2 Å². The number of imide groups is 2. The number of carbonyl (C=O) groups is 6. The zero-order valence-corrected chi connectivity index (χ0v) is 39.7. The molecule has 2 saturated heterocycles. The number of anilines is 2. The summed E-state index contributed by atoms with van der Waals surface area (Å²) in [6.45, 7) is 5.51. The summed E-state index contributed by atoms with van der Waals surface area (Å²) in [6, 6.07) is 17.9. The van der Waals surface area contributed by atoms with Crippen molar-refractivity contribution < 1.29 is 47.4 Å². The van der Waals surface area contributed by atoms with E-state index < -0.39 is 35.5 Å². The molecule has 0 aliphatic carbocycles. The number of carbonyl (C=O) groups excluding carboxylic acids is 6. The Bertz CT molecular complexity index is 2630. The summed E-state index contributed by atoms with van der Waals surface area (Å²) in [5, 5.41) is 13.1. The fourth-order valence-corrected chi connectivity index (χ4v) is 8.74. The molecule has 374 valence electrons. The van der Waals surface area contributed by atoms with Crippen LogP contribution in [0.25, 0.3) is 0 Å². The van der Waals surface area contributed by atoms with Gasteiger partial charge in [-0.15, -0.1) is 0 Å². The molecule has 0 saturated carbocycles. The first kappa shape index (κ1) is 49.9. The first-order chi connectivity index (χ1) is 34.4. The number of hydrogen-bond donors (Lipinski definition) is 4. The van der Waals surface area contributed by atoms with E-state index in [1.54, 1.807) is 22.1 Å². The molecule has 0 spiro atoms. The number of piperazine rings is 1. The van der Waals surface area contributed by atoms with Crippen molar-refractivity contribution in [3.8, 4) is 5.75 Å². The van der Waals surface area contributed by atoms with E-state index in [9.17, 15) is 28.8 Å². The van der Waals surface area contributed by atoms with E-state index >= 15 is 4.39 Å². The molecule has 4 aliphatic heterocycles. The number of rotatable bonds is 22. The van der Waals surface area contributed by atoms with Gasteiger partial charge in [0.25, 0.3) is 17.7 Å². The third kappa shape index (κ3) is 12.3. The lowest BCUT2D eigenvalue weighted by Gasteiger charge is -2.36. The number of likely N-dealkylation sites (N-methyl/N-ethyl adjacent to an activating group) is 1. The normalized spacial score (nSPS) is 18.2. The van der Waals surface area contributed by atoms with Gasteiger partial charge < -0.3 is 39.5 Å². The van der Waals surface area contributed by atoms with E-state index in [-0.39, 0.29) is 60.3 Å². The van der Waals surface area contributed by atoms with Crippen LogP contribution < -0.4 is 31.0 Å². The fraction of sp³-hybridized carbons (Fsp3) is 0.420. The highest BCUT2D eigenvalue weighted by Gasteiger charge is 2.45. The van der Waals surface area contributed by atoms with Crippen molar-refractivity contribution in [2.75, 3.05) is 83.0 Å². The number of fused-ring (bicyclic) bond motifs is 1. The number of amidine groups is 1. The number of halogens is 1. The average Bonchev–Trinajstić information content (AvgIpc) is 3.86. The lowest BCUT2D eigenvalue weighted by atomic mass is 10.0. The standard InChI is InChI=1S/C50H58FN11O9/c1-32(55-47(65)34-10-6-11-35(25-34)53-29-43-57-58-46(59(43)2)40-15-16-52-31-54-40)33-9-7-12-36(26-33)71-24-5-3-4-21-69-22-8-23-70-30-45(64)61-19-17-60(18-20-61)42-28-38-37(27-39(42)51)49(67)62(50(38)68)41-13-14-44(63)56-48(41)66/h6-7,9-12,15-16,25-28,31-32,41,46,53,58H,3-5,8,13-14,17-24,29-30H2,1-2H3,(H,55,65)(H,56,63,66)/t32-,41?,46?/m1/s1. The van der Waals surface area contributed by atoms with Gasteiger partial charge in [0.15, 0.2) is 6.17 Å². The molecule has 21 heteroatoms. The highest BCUT2D eigenvalue weighted by atomic mass is 19.1. The van der Waals surface area contributed by atoms with Crippen molar-refractivity contribution in [2.24, 2.45) is 5.10 Å². The molecule has 71 heavy (non-hydrogen) atoms. The number of hydrogen-bond acceptors (Lipinski definition) is 16. The molecule has 0 bridgehead atoms. The summed E-state index contributed by atoms with van der Waals surface area (Å²) in [5.41, 5.74) is 6.16. The molecule has 20 nitrogen and oxygen atoms in total. The summed E-state index contributed by atoms with van der Waals surface area (Å²) in [5.74, 6) is -2.24. The van der Waals surface area contributed by atoms with Crippen LogP contribution in [0, 0.1) is 5.82 Å². The highest BCUT2D eigenvalue weighted by Crippen LogP contribution is 2.33. The molecular weight excluding hydrogens is 918 g/mol. The monoisotopic (exact) mass is 975 g/mol. The minimum Gasteiger partial charge on any atom is -0.494 e. The van der Waals surface area contributed by atoms with Crippen molar-refractivity contribution in [2.45, 2.75) is 63.7 Å². The van der Waals surface area contributed by atoms with Crippen molar-refractivity contribution in [3.63, 3.8) is 0 Å². The van der Waals surface area contributed by atoms with Crippen molar-refractivity contribution in [3.05, 3.63) is 113 Å². The minimum atomic E-state index is -1.14. The van der Waals surface area contributed by atoms with Crippen LogP contribution in [0.5, 0.6) is 5.75 Å². The largest absolute Gasteiger partial charge is 0.494 e. The van der Waals surface area contributed by atoms with E-state index in [1.807, 2.05) is 67.4 Å². The van der Waals surface area contributed by atoms with Gasteiger partial charge >= 0.3 is 0 Å². The molecule has 5 heterocycles. The molecule has 2 unspecified atom stereocenters. The van der Waals surface area contributed by atoms with Crippen LogP contribution in [0.2, 0.25) is 0 Å². The second-order valence-corrected chi connectivity index (χ2v) is 17.6. The molecule has 4 N–H and O–H groups in total. The van der Waals surface area contributed by atoms with Crippen LogP contribution in [0.15, 0.2) is 84.4 Å². The maximum atomic E-state index is 15.3. The van der Waals surface area contributed by atoms with Gasteiger partial charge in [0.05, 0.1) is 41.7 Å². The van der Waals surface area contributed by atoms with Crippen molar-refractivity contribution in [1.82, 2.24) is 40.7 Å². The number of unbranched alkanes of at least 4 members (excludes halogenated alkanes) is 2. The van der Waals surface area contributed by atoms with Crippen LogP contribution >= 0.6 is 0 Å². The Hall–Kier alpha value is -7.52. The van der Waals surface area contributed by atoms with E-state index in [0.29, 0.717) is 71.1 Å². The Kier molecular flexibility index (Phi) is 16.4. The number of benzene rings is 3. The molecule has 0 radical (unpaired) electrons. The smallest absolute Gasteiger partial charge is 0.262 e. The quantitative estimate of drug-likeness (QED) is 0.0649. The Labute approximate surface area is 410 Å². The zero-order valence-electron chi connectivity index (χ0n) is 39.7. The SMILES string of the molecule is C[C@@H](NC(=O)c1cccc(NCC2=NNC(c3ccncn3)N2C)c1)c1cccc(OCCCCCOCCCOCC(=O)N2CCN(c3cc4c(cc3F)C(=O)N(C3CCC(=O)NC3=O)C4=O)CC2)c1. The molecule has 8 rings (SSSR count). The number of nitrogens with one attached hydrogen (secondary N) is 4. The number of ether oxygens (including phenoxy) is 3. The Morgan fingerprint density at radius 1 is 0.873 bits per heavy atom. The van der Waals surface area contributed by atoms with Crippen LogP contribution in [0.3, 0.4) is 0 Å². The van der Waals surface area contributed by atoms with E-state index in [2.05, 4.69) is 36.4 Å². The molecule has 4 aromatic rings. The summed E-state index contributed by atoms with van der Waals surface area (Å²) >= 11 is 0. The average molecular weight is 976 g/mol. The third-order valence-corrected chi connectivity index (χ3v) is 12.8. The highest BCUT2D eigenvalue weighted by molar-refractivity contribution is 6.23. The van der Waals surface area contributed by atoms with Gasteiger partial charge in [-0.05, 0) is 93.1 Å². The van der Waals surface area contributed by atoms with Gasteiger partial charge in [0.2, 0.25) is 17.7 Å². The van der Waals surface area contributed by atoms with Gasteiger partial charge in [0.1, 0.15) is 36.4 Å². The minimum absolute atomic E-state index is 0.00411. The number of aromatic nitrogens is 2. The summed E-state index contributed by atoms with van der Waals surface area (Å²) < 4.78 is 32.7. The van der Waals surface area contributed by atoms with Crippen molar-refractivity contribution >= 4 is 52.7 Å². The maximum absolute atomic E-state index is 15.3. The number of piperidine rings is 1. The van der Waals surface area contributed by atoms with E-state index in [0.717, 1.165) is 58.8 Å². The van der Waals surface area contributed by atoms with Crippen molar-refractivity contribution in [1.29, 1.82) is 0 Å². The molecule has 2 fully saturated rings. The lowest BCUT2D eigenvalue weighted by Crippen LogP contribution is -2.54. The summed E-state index contributed by atoms with van der Waals surface area (Å²) in [7, 11) is 1.94. The fourth-order valence-electron chi connectivity index (χ4n) is 8.74. The molecule has 4 aliphatic rings. The lowest BCUT2D eigenvalue weighted by molar-refractivity contribution is -0.137.